The van der Waals surface area contributed by atoms with E-state index in [-0.39, 0.29) is 11.9 Å². The first-order chi connectivity index (χ1) is 8.81. The normalized spacial score (nSPS) is 31.5. The standard InChI is InChI=1S/C12H15N3OS2/c1-13-9-10-8(3-6-17-10)2-5-15(11(9)16)12-14-4-7-18-12/h3-4,6-10,13H,2,5H2,1H3. The molecule has 3 rings (SSSR count). The Morgan fingerprint density at radius 1 is 1.56 bits per heavy atom. The first-order valence-electron chi connectivity index (χ1n) is 6.01. The summed E-state index contributed by atoms with van der Waals surface area (Å²) in [5.41, 5.74) is 0. The van der Waals surface area contributed by atoms with E-state index in [2.05, 4.69) is 21.8 Å². The van der Waals surface area contributed by atoms with Crippen LogP contribution in [-0.2, 0) is 4.79 Å². The van der Waals surface area contributed by atoms with Crippen molar-refractivity contribution in [2.24, 2.45) is 5.92 Å². The van der Waals surface area contributed by atoms with Crippen LogP contribution in [0.2, 0.25) is 0 Å². The molecule has 3 unspecified atom stereocenters. The van der Waals surface area contributed by atoms with Crippen LogP contribution in [0.4, 0.5) is 5.13 Å². The van der Waals surface area contributed by atoms with Gasteiger partial charge in [-0.1, -0.05) is 6.08 Å². The maximum atomic E-state index is 12.6. The van der Waals surface area contributed by atoms with Gasteiger partial charge in [0.1, 0.15) is 0 Å². The highest BCUT2D eigenvalue weighted by Crippen LogP contribution is 2.38. The molecule has 0 aliphatic carbocycles. The van der Waals surface area contributed by atoms with Crippen LogP contribution in [-0.4, -0.2) is 35.8 Å². The number of carbonyl (C=O) groups is 1. The van der Waals surface area contributed by atoms with E-state index in [9.17, 15) is 4.79 Å². The van der Waals surface area contributed by atoms with Crippen molar-refractivity contribution in [3.05, 3.63) is 23.1 Å². The average Bonchev–Trinajstić information content (AvgIpc) is 3.01. The van der Waals surface area contributed by atoms with Crippen molar-refractivity contribution < 1.29 is 4.79 Å². The summed E-state index contributed by atoms with van der Waals surface area (Å²) in [4.78, 5) is 18.7. The van der Waals surface area contributed by atoms with Crippen LogP contribution in [0.5, 0.6) is 0 Å². The molecular weight excluding hydrogens is 266 g/mol. The highest BCUT2D eigenvalue weighted by Gasteiger charge is 2.40. The van der Waals surface area contributed by atoms with Crippen molar-refractivity contribution in [2.45, 2.75) is 17.7 Å². The molecule has 3 atom stereocenters. The number of hydrogen-bond donors (Lipinski definition) is 1. The molecule has 1 amide bonds. The zero-order valence-corrected chi connectivity index (χ0v) is 11.7. The van der Waals surface area contributed by atoms with Crippen LogP contribution in [0.25, 0.3) is 0 Å². The predicted octanol–water partition coefficient (Wildman–Crippen LogP) is 1.71. The van der Waals surface area contributed by atoms with E-state index in [1.165, 1.54) is 11.3 Å². The molecular formula is C12H15N3OS2. The quantitative estimate of drug-likeness (QED) is 0.896. The number of thioether (sulfide) groups is 1. The topological polar surface area (TPSA) is 45.2 Å². The van der Waals surface area contributed by atoms with Gasteiger partial charge in [0.25, 0.3) is 0 Å². The lowest BCUT2D eigenvalue weighted by molar-refractivity contribution is -0.120. The number of aromatic nitrogens is 1. The van der Waals surface area contributed by atoms with Crippen LogP contribution in [0.1, 0.15) is 6.42 Å². The number of carbonyl (C=O) groups excluding carboxylic acids is 1. The fraction of sp³-hybridized carbons (Fsp3) is 0.500. The summed E-state index contributed by atoms with van der Waals surface area (Å²) in [7, 11) is 1.86. The van der Waals surface area contributed by atoms with Gasteiger partial charge in [-0.2, -0.15) is 0 Å². The van der Waals surface area contributed by atoms with Gasteiger partial charge >= 0.3 is 0 Å². The molecule has 0 bridgehead atoms. The van der Waals surface area contributed by atoms with Crippen LogP contribution >= 0.6 is 23.1 Å². The van der Waals surface area contributed by atoms with Crippen molar-refractivity contribution in [1.29, 1.82) is 0 Å². The third-order valence-corrected chi connectivity index (χ3v) is 5.54. The lowest BCUT2D eigenvalue weighted by atomic mass is 9.98. The Balaban J connectivity index is 1.90. The van der Waals surface area contributed by atoms with Crippen molar-refractivity contribution in [2.75, 3.05) is 18.5 Å². The second-order valence-electron chi connectivity index (χ2n) is 4.45. The molecule has 0 radical (unpaired) electrons. The zero-order valence-electron chi connectivity index (χ0n) is 10.1. The van der Waals surface area contributed by atoms with Gasteiger partial charge in [-0.05, 0) is 24.8 Å². The maximum Gasteiger partial charge on any atom is 0.247 e. The Morgan fingerprint density at radius 2 is 2.44 bits per heavy atom. The van der Waals surface area contributed by atoms with Gasteiger partial charge in [0.15, 0.2) is 5.13 Å². The van der Waals surface area contributed by atoms with Crippen LogP contribution in [0.15, 0.2) is 23.1 Å². The molecule has 1 saturated heterocycles. The summed E-state index contributed by atoms with van der Waals surface area (Å²) in [5.74, 6) is 0.637. The van der Waals surface area contributed by atoms with E-state index in [1.807, 2.05) is 17.3 Å². The number of nitrogens with one attached hydrogen (secondary N) is 1. The molecule has 4 nitrogen and oxygen atoms in total. The number of nitrogens with zero attached hydrogens (tertiary/aromatic N) is 2. The minimum Gasteiger partial charge on any atom is -0.308 e. The molecule has 3 heterocycles. The van der Waals surface area contributed by atoms with E-state index < -0.39 is 0 Å². The molecule has 0 spiro atoms. The molecule has 2 aliphatic rings. The summed E-state index contributed by atoms with van der Waals surface area (Å²) >= 11 is 3.29. The number of allylic oxidation sites excluding steroid dienone is 1. The van der Waals surface area contributed by atoms with E-state index in [1.54, 1.807) is 18.0 Å². The van der Waals surface area contributed by atoms with Crippen molar-refractivity contribution >= 4 is 34.1 Å². The molecule has 1 aromatic heterocycles. The second kappa shape index (κ2) is 5.03. The molecule has 1 aromatic rings. The van der Waals surface area contributed by atoms with Crippen molar-refractivity contribution in [3.63, 3.8) is 0 Å². The maximum absolute atomic E-state index is 12.6. The molecule has 1 fully saturated rings. The third kappa shape index (κ3) is 1.98. The Labute approximate surface area is 114 Å². The van der Waals surface area contributed by atoms with Gasteiger partial charge < -0.3 is 5.32 Å². The number of likely N-dealkylation sites (N-methyl/N-ethyl adjacent to an activating group) is 1. The lowest BCUT2D eigenvalue weighted by Crippen LogP contribution is -2.49. The minimum atomic E-state index is -0.124. The summed E-state index contributed by atoms with van der Waals surface area (Å²) < 4.78 is 0. The lowest BCUT2D eigenvalue weighted by Gasteiger charge is -2.25. The van der Waals surface area contributed by atoms with E-state index >= 15 is 0 Å². The van der Waals surface area contributed by atoms with Gasteiger partial charge in [-0.3, -0.25) is 9.69 Å². The van der Waals surface area contributed by atoms with Gasteiger partial charge in [-0.15, -0.1) is 23.1 Å². The highest BCUT2D eigenvalue weighted by molar-refractivity contribution is 8.03. The summed E-state index contributed by atoms with van der Waals surface area (Å²) in [6.07, 6.45) is 5.00. The Hall–Kier alpha value is -0.850. The molecule has 18 heavy (non-hydrogen) atoms. The number of fused-ring (bicyclic) bond motifs is 1. The number of hydrogen-bond acceptors (Lipinski definition) is 5. The monoisotopic (exact) mass is 281 g/mol. The van der Waals surface area contributed by atoms with Crippen LogP contribution in [0.3, 0.4) is 0 Å². The summed E-state index contributed by atoms with van der Waals surface area (Å²) in [6.45, 7) is 0.761. The molecule has 1 N–H and O–H groups in total. The Bertz CT molecular complexity index is 460. The SMILES string of the molecule is CNC1C(=O)N(c2nccs2)CCC2C=CSC21. The molecule has 6 heteroatoms. The zero-order chi connectivity index (χ0) is 12.5. The number of rotatable bonds is 2. The van der Waals surface area contributed by atoms with Crippen LogP contribution < -0.4 is 10.2 Å². The summed E-state index contributed by atoms with van der Waals surface area (Å²) in [6, 6.07) is -0.124. The first-order valence-corrected chi connectivity index (χ1v) is 7.84. The van der Waals surface area contributed by atoms with E-state index in [0.717, 1.165) is 18.1 Å². The van der Waals surface area contributed by atoms with Gasteiger partial charge in [0.2, 0.25) is 5.91 Å². The molecule has 0 saturated carbocycles. The predicted molar refractivity (Wildman–Crippen MR) is 75.9 cm³/mol. The Kier molecular flexibility index (Phi) is 3.41. The fourth-order valence-electron chi connectivity index (χ4n) is 2.56. The van der Waals surface area contributed by atoms with E-state index in [0.29, 0.717) is 11.2 Å². The number of thiazole rings is 1. The average molecular weight is 281 g/mol. The second-order valence-corrected chi connectivity index (χ2v) is 6.41. The smallest absolute Gasteiger partial charge is 0.247 e. The minimum absolute atomic E-state index is 0.124. The van der Waals surface area contributed by atoms with E-state index in [4.69, 9.17) is 0 Å². The fourth-order valence-corrected chi connectivity index (χ4v) is 4.54. The van der Waals surface area contributed by atoms with Gasteiger partial charge in [0, 0.05) is 23.4 Å². The third-order valence-electron chi connectivity index (χ3n) is 3.49. The van der Waals surface area contributed by atoms with Crippen molar-refractivity contribution in [3.8, 4) is 0 Å². The van der Waals surface area contributed by atoms with Gasteiger partial charge in [-0.25, -0.2) is 4.98 Å². The largest absolute Gasteiger partial charge is 0.308 e. The van der Waals surface area contributed by atoms with Crippen LogP contribution in [0, 0.1) is 5.92 Å². The number of anilines is 1. The molecule has 96 valence electrons. The molecule has 0 aromatic carbocycles. The van der Waals surface area contributed by atoms with Gasteiger partial charge in [0.05, 0.1) is 6.04 Å². The number of amides is 1. The van der Waals surface area contributed by atoms with Crippen molar-refractivity contribution in [1.82, 2.24) is 10.3 Å². The molecule has 2 aliphatic heterocycles. The first kappa shape index (κ1) is 12.2. The summed E-state index contributed by atoms with van der Waals surface area (Å²) in [5, 5.41) is 8.37. The Morgan fingerprint density at radius 3 is 3.17 bits per heavy atom. The highest BCUT2D eigenvalue weighted by atomic mass is 32.2.